The number of rotatable bonds is 3. The van der Waals surface area contributed by atoms with Gasteiger partial charge >= 0.3 is 0 Å². The van der Waals surface area contributed by atoms with Crippen LogP contribution in [0.2, 0.25) is 0 Å². The summed E-state index contributed by atoms with van der Waals surface area (Å²) in [5, 5.41) is 13.7. The highest BCUT2D eigenvalue weighted by Gasteiger charge is 2.27. The Hall–Kier alpha value is -1.00. The summed E-state index contributed by atoms with van der Waals surface area (Å²) in [4.78, 5) is 4.56. The number of para-hydroxylation sites is 1. The predicted molar refractivity (Wildman–Crippen MR) is 70.5 cm³/mol. The highest BCUT2D eigenvalue weighted by molar-refractivity contribution is 8.15. The fourth-order valence-electron chi connectivity index (χ4n) is 1.75. The minimum atomic E-state index is 0.0323. The molecule has 0 spiro atoms. The molecule has 0 radical (unpaired) electrons. The zero-order valence-electron chi connectivity index (χ0n) is 9.47. The first kappa shape index (κ1) is 11.5. The molecule has 2 atom stereocenters. The molecule has 2 rings (SSSR count). The quantitative estimate of drug-likeness (QED) is 0.843. The summed E-state index contributed by atoms with van der Waals surface area (Å²) in [7, 11) is 1.91. The Morgan fingerprint density at radius 1 is 1.44 bits per heavy atom. The van der Waals surface area contributed by atoms with Crippen LogP contribution in [0.3, 0.4) is 0 Å². The van der Waals surface area contributed by atoms with Gasteiger partial charge in [-0.3, -0.25) is 4.99 Å². The summed E-state index contributed by atoms with van der Waals surface area (Å²) in [6, 6.07) is 8.14. The number of hydrogen-bond acceptors (Lipinski definition) is 4. The molecule has 0 aromatic heterocycles. The van der Waals surface area contributed by atoms with Gasteiger partial charge in [-0.1, -0.05) is 25.1 Å². The standard InChI is InChI=1S/C12H16N2OS/c1-8-11(7-15)14-12(16-8)9-5-3-4-6-10(9)13-2/h3-6,8,11,13,15H,7H2,1-2H3/t8-,11-/m0/s1. The summed E-state index contributed by atoms with van der Waals surface area (Å²) in [6.07, 6.45) is 0. The van der Waals surface area contributed by atoms with Crippen molar-refractivity contribution in [3.05, 3.63) is 29.8 Å². The number of nitrogens with one attached hydrogen (secondary N) is 1. The summed E-state index contributed by atoms with van der Waals surface area (Å²) in [6.45, 7) is 2.23. The maximum atomic E-state index is 9.19. The van der Waals surface area contributed by atoms with Crippen molar-refractivity contribution in [2.75, 3.05) is 19.0 Å². The molecule has 3 nitrogen and oxygen atoms in total. The van der Waals surface area contributed by atoms with Crippen LogP contribution in [-0.2, 0) is 0 Å². The van der Waals surface area contributed by atoms with Crippen molar-refractivity contribution < 1.29 is 5.11 Å². The molecule has 0 unspecified atom stereocenters. The smallest absolute Gasteiger partial charge is 0.101 e. The van der Waals surface area contributed by atoms with Crippen LogP contribution in [0.1, 0.15) is 12.5 Å². The van der Waals surface area contributed by atoms with Gasteiger partial charge in [-0.15, -0.1) is 11.8 Å². The topological polar surface area (TPSA) is 44.6 Å². The maximum absolute atomic E-state index is 9.19. The molecule has 0 bridgehead atoms. The molecular formula is C12H16N2OS. The Morgan fingerprint density at radius 3 is 2.81 bits per heavy atom. The van der Waals surface area contributed by atoms with Gasteiger partial charge in [0.05, 0.1) is 12.6 Å². The zero-order chi connectivity index (χ0) is 11.5. The van der Waals surface area contributed by atoms with Crippen molar-refractivity contribution in [3.63, 3.8) is 0 Å². The molecule has 0 saturated heterocycles. The average molecular weight is 236 g/mol. The molecular weight excluding hydrogens is 220 g/mol. The van der Waals surface area contributed by atoms with Gasteiger partial charge in [-0.2, -0.15) is 0 Å². The van der Waals surface area contributed by atoms with E-state index >= 15 is 0 Å². The fourth-order valence-corrected chi connectivity index (χ4v) is 2.91. The SMILES string of the molecule is CNc1ccccc1C1=N[C@@H](CO)[C@H](C)S1. The number of benzene rings is 1. The van der Waals surface area contributed by atoms with Crippen LogP contribution in [0.15, 0.2) is 29.3 Å². The van der Waals surface area contributed by atoms with Crippen LogP contribution < -0.4 is 5.32 Å². The number of nitrogens with zero attached hydrogens (tertiary/aromatic N) is 1. The zero-order valence-corrected chi connectivity index (χ0v) is 10.3. The minimum Gasteiger partial charge on any atom is -0.394 e. The third kappa shape index (κ3) is 2.08. The van der Waals surface area contributed by atoms with E-state index < -0.39 is 0 Å². The van der Waals surface area contributed by atoms with E-state index in [0.717, 1.165) is 16.3 Å². The monoisotopic (exact) mass is 236 g/mol. The third-order valence-electron chi connectivity index (χ3n) is 2.74. The molecule has 86 valence electrons. The summed E-state index contributed by atoms with van der Waals surface area (Å²) in [5.74, 6) is 0. The van der Waals surface area contributed by atoms with Crippen molar-refractivity contribution in [2.24, 2.45) is 4.99 Å². The highest BCUT2D eigenvalue weighted by atomic mass is 32.2. The van der Waals surface area contributed by atoms with E-state index in [1.54, 1.807) is 11.8 Å². The van der Waals surface area contributed by atoms with Gasteiger partial charge in [0.15, 0.2) is 0 Å². The molecule has 4 heteroatoms. The molecule has 0 aliphatic carbocycles. The first-order chi connectivity index (χ1) is 7.76. The molecule has 1 aliphatic heterocycles. The average Bonchev–Trinajstić information content (AvgIpc) is 2.70. The summed E-state index contributed by atoms with van der Waals surface area (Å²) in [5.41, 5.74) is 2.21. The van der Waals surface area contributed by atoms with Crippen LogP contribution in [-0.4, -0.2) is 35.1 Å². The van der Waals surface area contributed by atoms with Gasteiger partial charge in [-0.05, 0) is 6.07 Å². The molecule has 1 aromatic rings. The van der Waals surface area contributed by atoms with E-state index in [1.807, 2.05) is 25.2 Å². The van der Waals surface area contributed by atoms with E-state index in [4.69, 9.17) is 0 Å². The van der Waals surface area contributed by atoms with Crippen LogP contribution in [0.4, 0.5) is 5.69 Å². The molecule has 0 amide bonds. The van der Waals surface area contributed by atoms with Crippen molar-refractivity contribution >= 4 is 22.5 Å². The third-order valence-corrected chi connectivity index (χ3v) is 3.97. The Labute approximate surface area is 100.0 Å². The number of aliphatic hydroxyl groups is 1. The minimum absolute atomic E-state index is 0.0323. The second-order valence-corrected chi connectivity index (χ2v) is 5.17. The Morgan fingerprint density at radius 2 is 2.19 bits per heavy atom. The Bertz CT molecular complexity index is 406. The largest absolute Gasteiger partial charge is 0.394 e. The number of aliphatic hydroxyl groups excluding tert-OH is 1. The molecule has 16 heavy (non-hydrogen) atoms. The Balaban J connectivity index is 2.32. The molecule has 2 N–H and O–H groups in total. The van der Waals surface area contributed by atoms with Crippen LogP contribution in [0.5, 0.6) is 0 Å². The lowest BCUT2D eigenvalue weighted by molar-refractivity contribution is 0.268. The van der Waals surface area contributed by atoms with Gasteiger partial charge in [0.25, 0.3) is 0 Å². The summed E-state index contributed by atoms with van der Waals surface area (Å²) >= 11 is 1.73. The number of thioether (sulfide) groups is 1. The van der Waals surface area contributed by atoms with Gasteiger partial charge in [0.1, 0.15) is 5.04 Å². The van der Waals surface area contributed by atoms with Crippen molar-refractivity contribution in [3.8, 4) is 0 Å². The molecule has 0 fully saturated rings. The van der Waals surface area contributed by atoms with E-state index in [1.165, 1.54) is 0 Å². The first-order valence-electron chi connectivity index (χ1n) is 5.38. The molecule has 0 saturated carbocycles. The highest BCUT2D eigenvalue weighted by Crippen LogP contribution is 2.32. The Kier molecular flexibility index (Phi) is 3.51. The van der Waals surface area contributed by atoms with Crippen molar-refractivity contribution in [1.82, 2.24) is 0 Å². The van der Waals surface area contributed by atoms with Crippen molar-refractivity contribution in [2.45, 2.75) is 18.2 Å². The van der Waals surface area contributed by atoms with E-state index in [9.17, 15) is 5.11 Å². The van der Waals surface area contributed by atoms with Crippen LogP contribution in [0, 0.1) is 0 Å². The van der Waals surface area contributed by atoms with Crippen LogP contribution >= 0.6 is 11.8 Å². The lowest BCUT2D eigenvalue weighted by Gasteiger charge is -2.08. The lowest BCUT2D eigenvalue weighted by Crippen LogP contribution is -2.17. The van der Waals surface area contributed by atoms with E-state index in [2.05, 4.69) is 23.3 Å². The molecule has 1 aromatic carbocycles. The second kappa shape index (κ2) is 4.89. The molecule has 1 heterocycles. The van der Waals surface area contributed by atoms with Crippen LogP contribution in [0.25, 0.3) is 0 Å². The van der Waals surface area contributed by atoms with Gasteiger partial charge < -0.3 is 10.4 Å². The number of anilines is 1. The van der Waals surface area contributed by atoms with Gasteiger partial charge in [-0.25, -0.2) is 0 Å². The van der Waals surface area contributed by atoms with Gasteiger partial charge in [0.2, 0.25) is 0 Å². The van der Waals surface area contributed by atoms with E-state index in [-0.39, 0.29) is 12.6 Å². The lowest BCUT2D eigenvalue weighted by atomic mass is 10.2. The normalized spacial score (nSPS) is 24.3. The van der Waals surface area contributed by atoms with Crippen molar-refractivity contribution in [1.29, 1.82) is 0 Å². The van der Waals surface area contributed by atoms with E-state index in [0.29, 0.717) is 5.25 Å². The fraction of sp³-hybridized carbons (Fsp3) is 0.417. The number of hydrogen-bond donors (Lipinski definition) is 2. The second-order valence-electron chi connectivity index (χ2n) is 3.80. The maximum Gasteiger partial charge on any atom is 0.101 e. The number of aliphatic imine (C=N–C) groups is 1. The predicted octanol–water partition coefficient (Wildman–Crippen LogP) is 1.97. The first-order valence-corrected chi connectivity index (χ1v) is 6.26. The van der Waals surface area contributed by atoms with Gasteiger partial charge in [0, 0.05) is 23.5 Å². The molecule has 1 aliphatic rings. The summed E-state index contributed by atoms with van der Waals surface area (Å²) < 4.78 is 0.